The number of hydrogen-bond acceptors (Lipinski definition) is 7. The van der Waals surface area contributed by atoms with Crippen LogP contribution in [-0.2, 0) is 0 Å². The van der Waals surface area contributed by atoms with Crippen LogP contribution in [0, 0.1) is 20.2 Å². The van der Waals surface area contributed by atoms with Crippen LogP contribution in [0.25, 0.3) is 5.69 Å². The van der Waals surface area contributed by atoms with Crippen LogP contribution in [0.4, 0.5) is 11.4 Å². The molecule has 0 radical (unpaired) electrons. The minimum absolute atomic E-state index is 0.152. The number of carbonyl (C=O) groups excluding carboxylic acids is 1. The van der Waals surface area contributed by atoms with Crippen molar-refractivity contribution in [3.8, 4) is 17.2 Å². The number of amides is 1. The van der Waals surface area contributed by atoms with Gasteiger partial charge in [-0.2, -0.15) is 5.10 Å². The topological polar surface area (TPSA) is 142 Å². The number of halogens is 1. The van der Waals surface area contributed by atoms with E-state index in [-0.39, 0.29) is 17.4 Å². The number of aromatic nitrogens is 1. The van der Waals surface area contributed by atoms with Gasteiger partial charge in [0.1, 0.15) is 5.75 Å². The molecule has 0 bridgehead atoms. The molecule has 0 fully saturated rings. The van der Waals surface area contributed by atoms with Gasteiger partial charge in [-0.15, -0.1) is 0 Å². The zero-order chi connectivity index (χ0) is 25.7. The zero-order valence-electron chi connectivity index (χ0n) is 18.3. The summed E-state index contributed by atoms with van der Waals surface area (Å²) in [5.41, 5.74) is 3.30. The average Bonchev–Trinajstić information content (AvgIpc) is 3.40. The van der Waals surface area contributed by atoms with E-state index in [9.17, 15) is 25.0 Å². The molecule has 0 atom stereocenters. The molecule has 0 saturated heterocycles. The summed E-state index contributed by atoms with van der Waals surface area (Å²) in [6.07, 6.45) is 5.10. The predicted octanol–water partition coefficient (Wildman–Crippen LogP) is 5.61. The number of nitrogens with one attached hydrogen (secondary N) is 1. The third-order valence-corrected chi connectivity index (χ3v) is 5.56. The molecule has 11 nitrogen and oxygen atoms in total. The van der Waals surface area contributed by atoms with Crippen LogP contribution in [0.3, 0.4) is 0 Å². The fraction of sp³-hybridized carbons (Fsp3) is 0. The lowest BCUT2D eigenvalue weighted by molar-refractivity contribution is -0.394. The molecule has 1 aromatic heterocycles. The Morgan fingerprint density at radius 1 is 0.944 bits per heavy atom. The van der Waals surface area contributed by atoms with Gasteiger partial charge in [0, 0.05) is 18.5 Å². The molecule has 0 unspecified atom stereocenters. The molecule has 1 N–H and O–H groups in total. The van der Waals surface area contributed by atoms with Gasteiger partial charge in [0.25, 0.3) is 11.6 Å². The minimum Gasteiger partial charge on any atom is -0.449 e. The van der Waals surface area contributed by atoms with Gasteiger partial charge < -0.3 is 9.30 Å². The number of para-hydroxylation sites is 1. The molecule has 36 heavy (non-hydrogen) atoms. The third kappa shape index (κ3) is 5.45. The number of non-ortho nitro benzene ring substituents is 1. The van der Waals surface area contributed by atoms with Crippen molar-refractivity contribution in [2.24, 2.45) is 5.10 Å². The predicted molar refractivity (Wildman–Crippen MR) is 135 cm³/mol. The number of nitro benzene ring substituents is 2. The maximum atomic E-state index is 12.7. The highest BCUT2D eigenvalue weighted by atomic mass is 79.9. The van der Waals surface area contributed by atoms with Crippen molar-refractivity contribution < 1.29 is 19.4 Å². The zero-order valence-corrected chi connectivity index (χ0v) is 19.9. The SMILES string of the molecule is O=C(N/N=C\c1ccc(Oc2ccc([N+](=O)[O-])cc2[N+](=O)[O-])c(Br)c1)c1ccccc1-n1cccc1. The van der Waals surface area contributed by atoms with Crippen LogP contribution in [0.5, 0.6) is 11.5 Å². The molecule has 12 heteroatoms. The number of benzene rings is 3. The average molecular weight is 550 g/mol. The molecule has 1 amide bonds. The standard InChI is InChI=1S/C24H16BrN5O6/c25-19-13-16(7-9-22(19)36-23-10-8-17(29(32)33)14-21(23)30(34)35)15-26-27-24(31)18-5-1-2-6-20(18)28-11-3-4-12-28/h1-15H,(H,27,31)/b26-15-. The van der Waals surface area contributed by atoms with Crippen LogP contribution in [-0.4, -0.2) is 26.5 Å². The van der Waals surface area contributed by atoms with Crippen molar-refractivity contribution >= 4 is 39.4 Å². The van der Waals surface area contributed by atoms with Gasteiger partial charge >= 0.3 is 5.69 Å². The summed E-state index contributed by atoms with van der Waals surface area (Å²) in [4.78, 5) is 33.4. The largest absolute Gasteiger partial charge is 0.449 e. The number of ether oxygens (including phenoxy) is 1. The third-order valence-electron chi connectivity index (χ3n) is 4.94. The lowest BCUT2D eigenvalue weighted by Gasteiger charge is -2.09. The Balaban J connectivity index is 1.47. The van der Waals surface area contributed by atoms with E-state index in [2.05, 4.69) is 26.5 Å². The molecule has 4 aromatic rings. The van der Waals surface area contributed by atoms with Gasteiger partial charge in [-0.1, -0.05) is 12.1 Å². The molecule has 0 saturated carbocycles. The maximum absolute atomic E-state index is 12.7. The first kappa shape index (κ1) is 24.3. The number of carbonyl (C=O) groups is 1. The second-order valence-corrected chi connectivity index (χ2v) is 8.12. The molecule has 0 spiro atoms. The number of hydrogen-bond donors (Lipinski definition) is 1. The summed E-state index contributed by atoms with van der Waals surface area (Å²) < 4.78 is 7.88. The smallest absolute Gasteiger partial charge is 0.318 e. The van der Waals surface area contributed by atoms with E-state index in [1.807, 2.05) is 41.2 Å². The minimum atomic E-state index is -0.756. The highest BCUT2D eigenvalue weighted by Gasteiger charge is 2.22. The summed E-state index contributed by atoms with van der Waals surface area (Å²) in [7, 11) is 0. The highest BCUT2D eigenvalue weighted by Crippen LogP contribution is 2.37. The van der Waals surface area contributed by atoms with Crippen LogP contribution < -0.4 is 10.2 Å². The van der Waals surface area contributed by atoms with E-state index in [0.29, 0.717) is 21.3 Å². The Morgan fingerprint density at radius 3 is 2.36 bits per heavy atom. The lowest BCUT2D eigenvalue weighted by atomic mass is 10.1. The molecular weight excluding hydrogens is 534 g/mol. The fourth-order valence-corrected chi connectivity index (χ4v) is 3.74. The second-order valence-electron chi connectivity index (χ2n) is 7.26. The fourth-order valence-electron chi connectivity index (χ4n) is 3.26. The number of nitro groups is 2. The van der Waals surface area contributed by atoms with E-state index in [1.165, 1.54) is 12.3 Å². The van der Waals surface area contributed by atoms with Crippen LogP contribution >= 0.6 is 15.9 Å². The summed E-state index contributed by atoms with van der Waals surface area (Å²) in [5, 5.41) is 26.2. The lowest BCUT2D eigenvalue weighted by Crippen LogP contribution is -2.19. The Morgan fingerprint density at radius 2 is 1.67 bits per heavy atom. The Labute approximate surface area is 212 Å². The molecule has 1 heterocycles. The van der Waals surface area contributed by atoms with Gasteiger partial charge in [-0.05, 0) is 70.0 Å². The summed E-state index contributed by atoms with van der Waals surface area (Å²) in [5.74, 6) is -0.296. The molecule has 4 rings (SSSR count). The first-order valence-corrected chi connectivity index (χ1v) is 11.1. The normalized spacial score (nSPS) is 10.8. The van der Waals surface area contributed by atoms with Crippen molar-refractivity contribution in [2.45, 2.75) is 0 Å². The van der Waals surface area contributed by atoms with Gasteiger partial charge in [-0.3, -0.25) is 25.0 Å². The van der Waals surface area contributed by atoms with Gasteiger partial charge in [0.2, 0.25) is 5.75 Å². The summed E-state index contributed by atoms with van der Waals surface area (Å²) >= 11 is 3.34. The monoisotopic (exact) mass is 549 g/mol. The van der Waals surface area contributed by atoms with Crippen LogP contribution in [0.15, 0.2) is 94.8 Å². The highest BCUT2D eigenvalue weighted by molar-refractivity contribution is 9.10. The van der Waals surface area contributed by atoms with Gasteiger partial charge in [-0.25, -0.2) is 5.43 Å². The number of hydrazone groups is 1. The first-order chi connectivity index (χ1) is 17.3. The van der Waals surface area contributed by atoms with Crippen molar-refractivity contribution in [3.63, 3.8) is 0 Å². The summed E-state index contributed by atoms with van der Waals surface area (Å²) in [6.45, 7) is 0. The number of nitrogens with zero attached hydrogens (tertiary/aromatic N) is 4. The maximum Gasteiger partial charge on any atom is 0.318 e. The van der Waals surface area contributed by atoms with Gasteiger partial charge in [0.15, 0.2) is 0 Å². The van der Waals surface area contributed by atoms with E-state index in [4.69, 9.17) is 4.74 Å². The van der Waals surface area contributed by atoms with E-state index < -0.39 is 21.2 Å². The molecule has 0 aliphatic heterocycles. The van der Waals surface area contributed by atoms with Crippen molar-refractivity contribution in [1.82, 2.24) is 9.99 Å². The molecule has 180 valence electrons. The molecule has 3 aromatic carbocycles. The van der Waals surface area contributed by atoms with Crippen molar-refractivity contribution in [2.75, 3.05) is 0 Å². The Hall–Kier alpha value is -4.84. The van der Waals surface area contributed by atoms with Crippen LogP contribution in [0.1, 0.15) is 15.9 Å². The van der Waals surface area contributed by atoms with Crippen molar-refractivity contribution in [1.29, 1.82) is 0 Å². The molecule has 0 aliphatic carbocycles. The molecule has 0 aliphatic rings. The molecular formula is C24H16BrN5O6. The van der Waals surface area contributed by atoms with E-state index in [0.717, 1.165) is 12.1 Å². The Kier molecular flexibility index (Phi) is 7.16. The van der Waals surface area contributed by atoms with E-state index >= 15 is 0 Å². The number of rotatable bonds is 8. The summed E-state index contributed by atoms with van der Waals surface area (Å²) in [6, 6.07) is 18.8. The quantitative estimate of drug-likeness (QED) is 0.172. The second kappa shape index (κ2) is 10.6. The van der Waals surface area contributed by atoms with Gasteiger partial charge in [0.05, 0.1) is 37.9 Å². The van der Waals surface area contributed by atoms with Crippen molar-refractivity contribution in [3.05, 3.63) is 121 Å². The Bertz CT molecular complexity index is 1490. The first-order valence-electron chi connectivity index (χ1n) is 10.3. The van der Waals surface area contributed by atoms with E-state index in [1.54, 1.807) is 30.3 Å². The van der Waals surface area contributed by atoms with Crippen LogP contribution in [0.2, 0.25) is 0 Å².